The average molecular weight is 658 g/mol. The molecule has 1 fully saturated rings. The summed E-state index contributed by atoms with van der Waals surface area (Å²) in [6, 6.07) is 5.00. The lowest BCUT2D eigenvalue weighted by Gasteiger charge is -2.38. The Morgan fingerprint density at radius 2 is 1.63 bits per heavy atom. The summed E-state index contributed by atoms with van der Waals surface area (Å²) in [5, 5.41) is 16.6. The topological polar surface area (TPSA) is 134 Å². The van der Waals surface area contributed by atoms with E-state index in [2.05, 4.69) is 55.2 Å². The molecule has 3 N–H and O–H groups in total. The summed E-state index contributed by atoms with van der Waals surface area (Å²) in [6.45, 7) is 16.5. The van der Waals surface area contributed by atoms with Crippen LogP contribution in [0, 0.1) is 17.8 Å². The number of aliphatic hydroxyl groups is 1. The highest BCUT2D eigenvalue weighted by molar-refractivity contribution is 6.74. The molecule has 0 saturated carbocycles. The summed E-state index contributed by atoms with van der Waals surface area (Å²) in [5.41, 5.74) is 0.866. The zero-order valence-corrected chi connectivity index (χ0v) is 30.2. The third-order valence-corrected chi connectivity index (χ3v) is 13.5. The van der Waals surface area contributed by atoms with Gasteiger partial charge in [0.05, 0.1) is 25.9 Å². The van der Waals surface area contributed by atoms with Gasteiger partial charge < -0.3 is 29.8 Å². The number of carbonyl (C=O) groups excluding carboxylic acids is 4. The van der Waals surface area contributed by atoms with Crippen LogP contribution in [0.15, 0.2) is 24.3 Å². The molecule has 1 aliphatic heterocycles. The van der Waals surface area contributed by atoms with Crippen molar-refractivity contribution in [3.8, 4) is 12.3 Å². The number of unbranched alkanes of at least 4 members (excludes halogenated alkanes) is 2. The van der Waals surface area contributed by atoms with Gasteiger partial charge in [0.1, 0.15) is 12.1 Å². The summed E-state index contributed by atoms with van der Waals surface area (Å²) in [5.74, 6) is 1.21. The molecule has 10 nitrogen and oxygen atoms in total. The van der Waals surface area contributed by atoms with Crippen LogP contribution in [0.4, 0.5) is 0 Å². The van der Waals surface area contributed by atoms with Gasteiger partial charge in [0.25, 0.3) is 0 Å². The standard InChI is InChI=1S/C35H55N3O7Si/c1-11-24-17-19-25(20-18-24)27(23-45-46(9,10)35(5,6)7)36-32(42)28-21-26(39)22-38(28)33(43)31(34(2,3)4)37-29(40)15-13-12-14-16-30(41)44-8/h1,17-20,26-28,31,39H,12-16,21-23H2,2-10H3,(H,36,42)(H,37,40)/t26-,27+,28+,31-/m1/s1. The van der Waals surface area contributed by atoms with E-state index in [-0.39, 0.29) is 42.9 Å². The quantitative estimate of drug-likeness (QED) is 0.116. The number of esters is 1. The molecule has 0 aromatic heterocycles. The molecule has 3 amide bonds. The largest absolute Gasteiger partial charge is 0.469 e. The number of methoxy groups -OCH3 is 1. The SMILES string of the molecule is C#Cc1ccc([C@H](CO[Si](C)(C)C(C)(C)C)NC(=O)[C@@H]2C[C@@H](O)CN2C(=O)[C@@H](NC(=O)CCCCCC(=O)OC)C(C)(C)C)cc1. The van der Waals surface area contributed by atoms with Gasteiger partial charge in [0.15, 0.2) is 8.32 Å². The summed E-state index contributed by atoms with van der Waals surface area (Å²) in [6.07, 6.45) is 7.07. The Morgan fingerprint density at radius 3 is 2.17 bits per heavy atom. The minimum Gasteiger partial charge on any atom is -0.469 e. The number of nitrogens with zero attached hydrogens (tertiary/aromatic N) is 1. The smallest absolute Gasteiger partial charge is 0.305 e. The third-order valence-electron chi connectivity index (χ3n) is 9.01. The number of ether oxygens (including phenoxy) is 1. The minimum absolute atomic E-state index is 0.0189. The fourth-order valence-corrected chi connectivity index (χ4v) is 6.01. The first-order valence-electron chi connectivity index (χ1n) is 16.2. The first kappa shape index (κ1) is 39.0. The van der Waals surface area contributed by atoms with E-state index in [1.165, 1.54) is 12.0 Å². The summed E-state index contributed by atoms with van der Waals surface area (Å²) in [7, 11) is -0.823. The van der Waals surface area contributed by atoms with Crippen molar-refractivity contribution in [3.05, 3.63) is 35.4 Å². The maximum Gasteiger partial charge on any atom is 0.305 e. The number of rotatable bonds is 14. The zero-order valence-electron chi connectivity index (χ0n) is 29.2. The Labute approximate surface area is 276 Å². The Hall–Kier alpha value is -3.20. The van der Waals surface area contributed by atoms with Gasteiger partial charge in [-0.2, -0.15) is 0 Å². The number of likely N-dealkylation sites (tertiary alicyclic amines) is 1. The number of nitrogens with one attached hydrogen (secondary N) is 2. The van der Waals surface area contributed by atoms with Crippen LogP contribution in [-0.2, 0) is 28.3 Å². The lowest BCUT2D eigenvalue weighted by molar-refractivity contribution is -0.144. The van der Waals surface area contributed by atoms with Gasteiger partial charge in [-0.1, -0.05) is 66.0 Å². The molecule has 1 aliphatic rings. The van der Waals surface area contributed by atoms with Gasteiger partial charge in [-0.05, 0) is 54.1 Å². The van der Waals surface area contributed by atoms with Crippen molar-refractivity contribution in [1.29, 1.82) is 0 Å². The number of terminal acetylenes is 1. The van der Waals surface area contributed by atoms with Gasteiger partial charge in [0, 0.05) is 31.4 Å². The Kier molecular flexibility index (Phi) is 14.0. The second-order valence-electron chi connectivity index (χ2n) is 14.8. The van der Waals surface area contributed by atoms with Gasteiger partial charge in [-0.25, -0.2) is 0 Å². The molecule has 4 atom stereocenters. The van der Waals surface area contributed by atoms with Gasteiger partial charge in [-0.15, -0.1) is 6.42 Å². The molecule has 1 aromatic rings. The maximum atomic E-state index is 14.0. The van der Waals surface area contributed by atoms with E-state index in [4.69, 9.17) is 10.8 Å². The molecule has 0 unspecified atom stereocenters. The first-order chi connectivity index (χ1) is 21.3. The summed E-state index contributed by atoms with van der Waals surface area (Å²) >= 11 is 0. The van der Waals surface area contributed by atoms with Crippen molar-refractivity contribution >= 4 is 32.0 Å². The number of β-amino-alcohol motifs (C(OH)–C–C–N with tert-alkyl or cyclic N) is 1. The molecule has 0 aliphatic carbocycles. The number of carbonyl (C=O) groups is 4. The lowest BCUT2D eigenvalue weighted by Crippen LogP contribution is -2.58. The van der Waals surface area contributed by atoms with Gasteiger partial charge >= 0.3 is 5.97 Å². The third kappa shape index (κ3) is 11.2. The van der Waals surface area contributed by atoms with E-state index >= 15 is 0 Å². The predicted octanol–water partition coefficient (Wildman–Crippen LogP) is 4.46. The highest BCUT2D eigenvalue weighted by Gasteiger charge is 2.45. The molecule has 2 rings (SSSR count). The monoisotopic (exact) mass is 657 g/mol. The van der Waals surface area contributed by atoms with E-state index in [1.807, 2.05) is 45.0 Å². The minimum atomic E-state index is -2.17. The van der Waals surface area contributed by atoms with Crippen molar-refractivity contribution in [2.75, 3.05) is 20.3 Å². The van der Waals surface area contributed by atoms with Gasteiger partial charge in [0.2, 0.25) is 17.7 Å². The van der Waals surface area contributed by atoms with E-state index in [9.17, 15) is 24.3 Å². The predicted molar refractivity (Wildman–Crippen MR) is 181 cm³/mol. The number of hydrogen-bond acceptors (Lipinski definition) is 7. The normalized spacial score (nSPS) is 18.3. The van der Waals surface area contributed by atoms with E-state index in [0.29, 0.717) is 31.2 Å². The number of hydrogen-bond donors (Lipinski definition) is 3. The Bertz CT molecular complexity index is 1240. The van der Waals surface area contributed by atoms with E-state index in [1.54, 1.807) is 0 Å². The Balaban J connectivity index is 2.22. The number of benzene rings is 1. The molecule has 256 valence electrons. The maximum absolute atomic E-state index is 14.0. The van der Waals surface area contributed by atoms with Crippen LogP contribution in [0.2, 0.25) is 18.1 Å². The second kappa shape index (κ2) is 16.6. The van der Waals surface area contributed by atoms with Crippen LogP contribution in [0.1, 0.15) is 97.2 Å². The molecule has 0 spiro atoms. The molecule has 0 bridgehead atoms. The molecule has 1 saturated heterocycles. The molecule has 46 heavy (non-hydrogen) atoms. The summed E-state index contributed by atoms with van der Waals surface area (Å²) < 4.78 is 11.1. The molecule has 0 radical (unpaired) electrons. The van der Waals surface area contributed by atoms with Gasteiger partial charge in [-0.3, -0.25) is 19.2 Å². The molecular formula is C35H55N3O7Si. The first-order valence-corrected chi connectivity index (χ1v) is 19.1. The van der Waals surface area contributed by atoms with Crippen LogP contribution in [0.25, 0.3) is 0 Å². The van der Waals surface area contributed by atoms with Crippen molar-refractivity contribution in [2.24, 2.45) is 5.41 Å². The molecule has 11 heteroatoms. The van der Waals surface area contributed by atoms with E-state index in [0.717, 1.165) is 5.56 Å². The second-order valence-corrected chi connectivity index (χ2v) is 19.6. The van der Waals surface area contributed by atoms with Crippen molar-refractivity contribution < 1.29 is 33.4 Å². The molecule has 1 aromatic carbocycles. The number of amides is 3. The van der Waals surface area contributed by atoms with Crippen LogP contribution >= 0.6 is 0 Å². The van der Waals surface area contributed by atoms with Crippen molar-refractivity contribution in [3.63, 3.8) is 0 Å². The lowest BCUT2D eigenvalue weighted by atomic mass is 9.85. The van der Waals surface area contributed by atoms with E-state index < -0.39 is 49.8 Å². The number of aliphatic hydroxyl groups excluding tert-OH is 1. The van der Waals surface area contributed by atoms with Crippen molar-refractivity contribution in [1.82, 2.24) is 15.5 Å². The zero-order chi connectivity index (χ0) is 34.9. The van der Waals surface area contributed by atoms with Crippen LogP contribution in [-0.4, -0.2) is 80.5 Å². The fraction of sp³-hybridized carbons (Fsp3) is 0.657. The fourth-order valence-electron chi connectivity index (χ4n) is 5.00. The summed E-state index contributed by atoms with van der Waals surface area (Å²) in [4.78, 5) is 53.5. The van der Waals surface area contributed by atoms with Crippen molar-refractivity contribution in [2.45, 2.75) is 122 Å². The van der Waals surface area contributed by atoms with Crippen LogP contribution in [0.3, 0.4) is 0 Å². The molecular weight excluding hydrogens is 602 g/mol. The highest BCUT2D eigenvalue weighted by atomic mass is 28.4. The van der Waals surface area contributed by atoms with Crippen LogP contribution < -0.4 is 10.6 Å². The molecule has 1 heterocycles. The highest BCUT2D eigenvalue weighted by Crippen LogP contribution is 2.37. The average Bonchev–Trinajstić information content (AvgIpc) is 3.37. The van der Waals surface area contributed by atoms with Crippen LogP contribution in [0.5, 0.6) is 0 Å². The Morgan fingerprint density at radius 1 is 1.02 bits per heavy atom.